The molecule has 0 saturated carbocycles. The van der Waals surface area contributed by atoms with E-state index in [1.54, 1.807) is 0 Å². The lowest BCUT2D eigenvalue weighted by Gasteiger charge is -2.29. The average Bonchev–Trinajstić information content (AvgIpc) is 3.84. The van der Waals surface area contributed by atoms with Crippen molar-refractivity contribution in [3.8, 4) is 39.1 Å². The van der Waals surface area contributed by atoms with Crippen LogP contribution in [-0.2, 0) is 0 Å². The van der Waals surface area contributed by atoms with Gasteiger partial charge in [-0.05, 0) is 65.2 Å². The van der Waals surface area contributed by atoms with Crippen LogP contribution in [0.1, 0.15) is 0 Å². The van der Waals surface area contributed by atoms with Crippen molar-refractivity contribution in [2.24, 2.45) is 0 Å². The van der Waals surface area contributed by atoms with Gasteiger partial charge in [-0.2, -0.15) is 0 Å². The standard InChI is InChI=1S/C54H36N2O/c1-4-18-37(19-5-1)39-34-35-42(44-27-16-28-45-43-25-12-15-33-52(43)57-54(44)45)51(36-39)55(40-22-8-3-9-23-40)49-31-17-32-50-53(49)46-26-11-14-30-48(46)56(50)47-29-13-10-24-41(47)38-20-6-2-7-21-38/h1-36H. The maximum atomic E-state index is 6.71. The molecule has 0 aliphatic rings. The average molecular weight is 729 g/mol. The minimum absolute atomic E-state index is 0.882. The van der Waals surface area contributed by atoms with E-state index in [2.05, 4.69) is 222 Å². The summed E-state index contributed by atoms with van der Waals surface area (Å²) in [6.07, 6.45) is 0. The zero-order valence-electron chi connectivity index (χ0n) is 31.1. The summed E-state index contributed by atoms with van der Waals surface area (Å²) in [5.41, 5.74) is 15.2. The van der Waals surface area contributed by atoms with E-state index in [9.17, 15) is 0 Å². The molecule has 0 N–H and O–H groups in total. The van der Waals surface area contributed by atoms with E-state index in [1.807, 2.05) is 6.07 Å². The Morgan fingerprint density at radius 3 is 1.81 bits per heavy atom. The smallest absolute Gasteiger partial charge is 0.143 e. The lowest BCUT2D eigenvalue weighted by Crippen LogP contribution is -2.12. The van der Waals surface area contributed by atoms with E-state index in [-0.39, 0.29) is 0 Å². The van der Waals surface area contributed by atoms with Crippen LogP contribution < -0.4 is 4.90 Å². The first-order chi connectivity index (χ1) is 28.3. The van der Waals surface area contributed by atoms with E-state index < -0.39 is 0 Å². The van der Waals surface area contributed by atoms with E-state index >= 15 is 0 Å². The van der Waals surface area contributed by atoms with Gasteiger partial charge in [-0.3, -0.25) is 0 Å². The highest BCUT2D eigenvalue weighted by atomic mass is 16.3. The maximum Gasteiger partial charge on any atom is 0.143 e. The van der Waals surface area contributed by atoms with Crippen LogP contribution >= 0.6 is 0 Å². The molecule has 0 radical (unpaired) electrons. The van der Waals surface area contributed by atoms with E-state index in [1.165, 1.54) is 21.9 Å². The highest BCUT2D eigenvalue weighted by Crippen LogP contribution is 2.49. The van der Waals surface area contributed by atoms with E-state index in [4.69, 9.17) is 4.42 Å². The van der Waals surface area contributed by atoms with Gasteiger partial charge in [0.2, 0.25) is 0 Å². The SMILES string of the molecule is c1ccc(-c2ccc(-c3cccc4c3oc3ccccc34)c(N(c3ccccc3)c3cccc4c3c3ccccc3n4-c3ccccc3-c3ccccc3)c2)cc1. The maximum absolute atomic E-state index is 6.71. The van der Waals surface area contributed by atoms with Crippen LogP contribution in [-0.4, -0.2) is 4.57 Å². The van der Waals surface area contributed by atoms with Crippen LogP contribution in [0.4, 0.5) is 17.1 Å². The van der Waals surface area contributed by atoms with Gasteiger partial charge in [0, 0.05) is 43.9 Å². The van der Waals surface area contributed by atoms with Gasteiger partial charge in [0.05, 0.1) is 28.1 Å². The Kier molecular flexibility index (Phi) is 7.82. The first-order valence-electron chi connectivity index (χ1n) is 19.4. The van der Waals surface area contributed by atoms with Crippen molar-refractivity contribution in [3.05, 3.63) is 218 Å². The van der Waals surface area contributed by atoms with Crippen LogP contribution in [0.5, 0.6) is 0 Å². The minimum atomic E-state index is 0.882. The molecule has 9 aromatic carbocycles. The second-order valence-corrected chi connectivity index (χ2v) is 14.5. The molecule has 0 aliphatic carbocycles. The number of furan rings is 1. The fraction of sp³-hybridized carbons (Fsp3) is 0. The summed E-state index contributed by atoms with van der Waals surface area (Å²) >= 11 is 0. The van der Waals surface area contributed by atoms with Crippen LogP contribution in [0.15, 0.2) is 223 Å². The number of hydrogen-bond donors (Lipinski definition) is 0. The summed E-state index contributed by atoms with van der Waals surface area (Å²) in [6, 6.07) is 78.1. The highest BCUT2D eigenvalue weighted by molar-refractivity contribution is 6.18. The van der Waals surface area contributed by atoms with Crippen LogP contribution in [0.25, 0.3) is 82.8 Å². The van der Waals surface area contributed by atoms with Gasteiger partial charge >= 0.3 is 0 Å². The molecule has 0 saturated heterocycles. The molecular weight excluding hydrogens is 693 g/mol. The van der Waals surface area contributed by atoms with E-state index in [0.29, 0.717) is 0 Å². The number of anilines is 3. The second kappa shape index (κ2) is 13.6. The predicted molar refractivity (Wildman–Crippen MR) is 239 cm³/mol. The molecule has 2 aromatic heterocycles. The number of para-hydroxylation sites is 5. The number of benzene rings is 9. The van der Waals surface area contributed by atoms with Crippen molar-refractivity contribution in [3.63, 3.8) is 0 Å². The summed E-state index contributed by atoms with van der Waals surface area (Å²) in [5, 5.41) is 4.59. The first kappa shape index (κ1) is 32.8. The van der Waals surface area contributed by atoms with Gasteiger partial charge in [0.15, 0.2) is 0 Å². The zero-order valence-corrected chi connectivity index (χ0v) is 31.1. The number of hydrogen-bond acceptors (Lipinski definition) is 2. The molecule has 0 atom stereocenters. The Bertz CT molecular complexity index is 3230. The van der Waals surface area contributed by atoms with Crippen molar-refractivity contribution >= 4 is 60.8 Å². The van der Waals surface area contributed by atoms with Gasteiger partial charge in [0.25, 0.3) is 0 Å². The third-order valence-corrected chi connectivity index (χ3v) is 11.2. The highest BCUT2D eigenvalue weighted by Gasteiger charge is 2.25. The Morgan fingerprint density at radius 1 is 0.368 bits per heavy atom. The van der Waals surface area contributed by atoms with Crippen LogP contribution in [0, 0.1) is 0 Å². The Hall–Kier alpha value is -7.62. The van der Waals surface area contributed by atoms with Crippen LogP contribution in [0.2, 0.25) is 0 Å². The molecule has 57 heavy (non-hydrogen) atoms. The third kappa shape index (κ3) is 5.43. The number of fused-ring (bicyclic) bond motifs is 6. The van der Waals surface area contributed by atoms with Gasteiger partial charge in [0.1, 0.15) is 11.2 Å². The van der Waals surface area contributed by atoms with Gasteiger partial charge in [-0.15, -0.1) is 0 Å². The normalized spacial score (nSPS) is 11.5. The van der Waals surface area contributed by atoms with Gasteiger partial charge in [-0.1, -0.05) is 170 Å². The molecule has 3 heteroatoms. The molecule has 0 amide bonds. The molecule has 11 rings (SSSR count). The summed E-state index contributed by atoms with van der Waals surface area (Å²) < 4.78 is 9.15. The predicted octanol–water partition coefficient (Wildman–Crippen LogP) is 15.2. The molecular formula is C54H36N2O. The molecule has 0 unspecified atom stereocenters. The summed E-state index contributed by atoms with van der Waals surface area (Å²) in [7, 11) is 0. The second-order valence-electron chi connectivity index (χ2n) is 14.5. The van der Waals surface area contributed by atoms with Crippen molar-refractivity contribution in [2.75, 3.05) is 4.90 Å². The Labute approximate surface area is 330 Å². The largest absolute Gasteiger partial charge is 0.455 e. The lowest BCUT2D eigenvalue weighted by molar-refractivity contribution is 0.670. The molecule has 3 nitrogen and oxygen atoms in total. The third-order valence-electron chi connectivity index (χ3n) is 11.2. The molecule has 0 bridgehead atoms. The number of aromatic nitrogens is 1. The van der Waals surface area contributed by atoms with Gasteiger partial charge in [-0.25, -0.2) is 0 Å². The van der Waals surface area contributed by atoms with Crippen molar-refractivity contribution in [2.45, 2.75) is 0 Å². The van der Waals surface area contributed by atoms with Crippen molar-refractivity contribution in [1.29, 1.82) is 0 Å². The van der Waals surface area contributed by atoms with Crippen LogP contribution in [0.3, 0.4) is 0 Å². The van der Waals surface area contributed by atoms with Crippen molar-refractivity contribution < 1.29 is 4.42 Å². The summed E-state index contributed by atoms with van der Waals surface area (Å²) in [5.74, 6) is 0. The quantitative estimate of drug-likeness (QED) is 0.163. The Morgan fingerprint density at radius 2 is 0.982 bits per heavy atom. The summed E-state index contributed by atoms with van der Waals surface area (Å²) in [6.45, 7) is 0. The fourth-order valence-corrected chi connectivity index (χ4v) is 8.68. The molecule has 0 fully saturated rings. The summed E-state index contributed by atoms with van der Waals surface area (Å²) in [4.78, 5) is 2.45. The molecule has 2 heterocycles. The first-order valence-corrected chi connectivity index (χ1v) is 19.4. The zero-order chi connectivity index (χ0) is 37.7. The van der Waals surface area contributed by atoms with Gasteiger partial charge < -0.3 is 13.9 Å². The molecule has 268 valence electrons. The Balaban J connectivity index is 1.23. The number of rotatable bonds is 7. The fourth-order valence-electron chi connectivity index (χ4n) is 8.68. The monoisotopic (exact) mass is 728 g/mol. The molecule has 0 aliphatic heterocycles. The topological polar surface area (TPSA) is 21.3 Å². The molecule has 11 aromatic rings. The number of nitrogens with zero attached hydrogens (tertiary/aromatic N) is 2. The van der Waals surface area contributed by atoms with E-state index in [0.717, 1.165) is 78.0 Å². The molecule has 0 spiro atoms. The lowest BCUT2D eigenvalue weighted by atomic mass is 9.95. The van der Waals surface area contributed by atoms with Crippen molar-refractivity contribution in [1.82, 2.24) is 4.57 Å². The minimum Gasteiger partial charge on any atom is -0.455 e.